The molecule has 4 rings (SSSR count). The Morgan fingerprint density at radius 2 is 1.56 bits per heavy atom. The first-order valence-electron chi connectivity index (χ1n) is 11.0. The zero-order chi connectivity index (χ0) is 22.7. The molecular weight excluding hydrogens is 408 g/mol. The van der Waals surface area contributed by atoms with E-state index in [9.17, 15) is 14.4 Å². The van der Waals surface area contributed by atoms with Crippen LogP contribution in [0, 0.1) is 5.92 Å². The normalized spacial score (nSPS) is 16.4. The van der Waals surface area contributed by atoms with Crippen LogP contribution in [0.1, 0.15) is 49.7 Å². The number of carboxylic acid groups (broad SMARTS) is 1. The molecule has 1 saturated carbocycles. The van der Waals surface area contributed by atoms with E-state index in [1.54, 1.807) is 6.92 Å². The summed E-state index contributed by atoms with van der Waals surface area (Å²) in [5, 5.41) is 14.4. The zero-order valence-corrected chi connectivity index (χ0v) is 18.0. The predicted octanol–water partition coefficient (Wildman–Crippen LogP) is 3.67. The number of carbonyl (C=O) groups is 3. The van der Waals surface area contributed by atoms with Gasteiger partial charge in [0.25, 0.3) is 0 Å². The van der Waals surface area contributed by atoms with Gasteiger partial charge in [0, 0.05) is 24.4 Å². The molecule has 2 aromatic carbocycles. The number of benzene rings is 2. The maximum Gasteiger partial charge on any atom is 0.407 e. The molecule has 2 aromatic rings. The van der Waals surface area contributed by atoms with Gasteiger partial charge < -0.3 is 20.5 Å². The van der Waals surface area contributed by atoms with Gasteiger partial charge in [-0.3, -0.25) is 9.59 Å². The van der Waals surface area contributed by atoms with Crippen LogP contribution < -0.4 is 10.6 Å². The van der Waals surface area contributed by atoms with Crippen LogP contribution in [0.3, 0.4) is 0 Å². The van der Waals surface area contributed by atoms with Crippen molar-refractivity contribution in [1.82, 2.24) is 10.6 Å². The maximum atomic E-state index is 12.6. The first-order valence-corrected chi connectivity index (χ1v) is 11.0. The van der Waals surface area contributed by atoms with E-state index in [1.807, 2.05) is 24.3 Å². The average molecular weight is 437 g/mol. The largest absolute Gasteiger partial charge is 0.481 e. The minimum Gasteiger partial charge on any atom is -0.481 e. The van der Waals surface area contributed by atoms with E-state index < -0.39 is 18.1 Å². The smallest absolute Gasteiger partial charge is 0.407 e. The van der Waals surface area contributed by atoms with Crippen molar-refractivity contribution < 1.29 is 24.2 Å². The highest BCUT2D eigenvalue weighted by atomic mass is 16.5. The highest BCUT2D eigenvalue weighted by molar-refractivity contribution is 5.80. The van der Waals surface area contributed by atoms with Crippen molar-refractivity contribution in [3.63, 3.8) is 0 Å². The van der Waals surface area contributed by atoms with Crippen molar-refractivity contribution in [2.45, 2.75) is 50.6 Å². The van der Waals surface area contributed by atoms with Crippen LogP contribution in [-0.4, -0.2) is 41.8 Å². The number of hydrogen-bond donors (Lipinski definition) is 3. The predicted molar refractivity (Wildman–Crippen MR) is 119 cm³/mol. The molecule has 0 radical (unpaired) electrons. The molecule has 0 bridgehead atoms. The Hall–Kier alpha value is -3.35. The minimum absolute atomic E-state index is 0.0207. The van der Waals surface area contributed by atoms with Crippen LogP contribution in [0.2, 0.25) is 0 Å². The van der Waals surface area contributed by atoms with Crippen molar-refractivity contribution in [3.05, 3.63) is 59.7 Å². The Labute approximate surface area is 187 Å². The summed E-state index contributed by atoms with van der Waals surface area (Å²) in [5.74, 6) is -1.01. The monoisotopic (exact) mass is 436 g/mol. The Bertz CT molecular complexity index is 971. The van der Waals surface area contributed by atoms with Crippen LogP contribution in [0.4, 0.5) is 4.79 Å². The van der Waals surface area contributed by atoms with Gasteiger partial charge >= 0.3 is 12.1 Å². The van der Waals surface area contributed by atoms with Crippen LogP contribution >= 0.6 is 0 Å². The number of carboxylic acids is 1. The first kappa shape index (κ1) is 21.9. The number of fused-ring (bicyclic) bond motifs is 3. The summed E-state index contributed by atoms with van der Waals surface area (Å²) in [6.45, 7) is 1.87. The molecule has 0 saturated heterocycles. The molecule has 1 fully saturated rings. The van der Waals surface area contributed by atoms with E-state index in [4.69, 9.17) is 9.84 Å². The standard InChI is InChI=1S/C25H28N2O5/c1-15(12-24(29)30)26-23(28)13-22(16-10-11-16)27-25(31)32-14-21-19-8-4-2-6-17(19)18-7-3-5-9-20(18)21/h2-9,15-16,21-22H,10-14H2,1H3,(H,26,28)(H,27,31)(H,29,30)/t15-,22?/m1/s1. The zero-order valence-electron chi connectivity index (χ0n) is 18.0. The average Bonchev–Trinajstić information content (AvgIpc) is 3.54. The Morgan fingerprint density at radius 3 is 2.12 bits per heavy atom. The lowest BCUT2D eigenvalue weighted by Crippen LogP contribution is -2.43. The number of alkyl carbamates (subject to hydrolysis) is 1. The van der Waals surface area contributed by atoms with Gasteiger partial charge in [-0.2, -0.15) is 0 Å². The number of carbonyl (C=O) groups excluding carboxylic acids is 2. The third-order valence-corrected chi connectivity index (χ3v) is 6.13. The minimum atomic E-state index is -0.965. The van der Waals surface area contributed by atoms with Gasteiger partial charge in [-0.15, -0.1) is 0 Å². The molecule has 1 unspecified atom stereocenters. The van der Waals surface area contributed by atoms with E-state index in [2.05, 4.69) is 34.9 Å². The summed E-state index contributed by atoms with van der Waals surface area (Å²) in [4.78, 5) is 35.7. The summed E-state index contributed by atoms with van der Waals surface area (Å²) >= 11 is 0. The molecule has 2 aliphatic carbocycles. The van der Waals surface area contributed by atoms with Crippen molar-refractivity contribution in [2.24, 2.45) is 5.92 Å². The molecule has 32 heavy (non-hydrogen) atoms. The Kier molecular flexibility index (Phi) is 6.44. The number of nitrogens with one attached hydrogen (secondary N) is 2. The molecule has 0 spiro atoms. The maximum absolute atomic E-state index is 12.6. The molecule has 2 atom stereocenters. The Balaban J connectivity index is 1.34. The second kappa shape index (κ2) is 9.42. The van der Waals surface area contributed by atoms with Gasteiger partial charge in [0.15, 0.2) is 0 Å². The molecule has 3 N–H and O–H groups in total. The third-order valence-electron chi connectivity index (χ3n) is 6.13. The fourth-order valence-electron chi connectivity index (χ4n) is 4.47. The molecule has 7 nitrogen and oxygen atoms in total. The summed E-state index contributed by atoms with van der Waals surface area (Å²) < 4.78 is 5.60. The van der Waals surface area contributed by atoms with E-state index in [1.165, 1.54) is 11.1 Å². The SMILES string of the molecule is C[C@H](CC(=O)O)NC(=O)CC(NC(=O)OCC1c2ccccc2-c2ccccc21)C1CC1. The highest BCUT2D eigenvalue weighted by Crippen LogP contribution is 2.44. The quantitative estimate of drug-likeness (QED) is 0.556. The van der Waals surface area contributed by atoms with Crippen molar-refractivity contribution in [2.75, 3.05) is 6.61 Å². The van der Waals surface area contributed by atoms with Gasteiger partial charge in [0.05, 0.1) is 6.42 Å². The van der Waals surface area contributed by atoms with Crippen LogP contribution in [0.25, 0.3) is 11.1 Å². The molecular formula is C25H28N2O5. The summed E-state index contributed by atoms with van der Waals surface area (Å²) in [7, 11) is 0. The first-order chi connectivity index (χ1) is 15.4. The number of hydrogen-bond acceptors (Lipinski definition) is 4. The van der Waals surface area contributed by atoms with Gasteiger partial charge in [-0.1, -0.05) is 48.5 Å². The second-order valence-electron chi connectivity index (χ2n) is 8.68. The van der Waals surface area contributed by atoms with E-state index >= 15 is 0 Å². The lowest BCUT2D eigenvalue weighted by Gasteiger charge is -2.20. The van der Waals surface area contributed by atoms with E-state index in [-0.39, 0.29) is 43.2 Å². The van der Waals surface area contributed by atoms with Gasteiger partial charge in [-0.25, -0.2) is 4.79 Å². The molecule has 168 valence electrons. The topological polar surface area (TPSA) is 105 Å². The number of amides is 2. The summed E-state index contributed by atoms with van der Waals surface area (Å²) in [6, 6.07) is 15.5. The number of aliphatic carboxylic acids is 1. The van der Waals surface area contributed by atoms with Gasteiger partial charge in [-0.05, 0) is 47.9 Å². The lowest BCUT2D eigenvalue weighted by molar-refractivity contribution is -0.137. The molecule has 0 heterocycles. The molecule has 7 heteroatoms. The van der Waals surface area contributed by atoms with Crippen molar-refractivity contribution in [1.29, 1.82) is 0 Å². The molecule has 0 aliphatic heterocycles. The van der Waals surface area contributed by atoms with Crippen LogP contribution in [0.5, 0.6) is 0 Å². The summed E-state index contributed by atoms with van der Waals surface area (Å²) in [5.41, 5.74) is 4.62. The van der Waals surface area contributed by atoms with Crippen molar-refractivity contribution in [3.8, 4) is 11.1 Å². The van der Waals surface area contributed by atoms with Gasteiger partial charge in [0.1, 0.15) is 6.61 Å². The van der Waals surface area contributed by atoms with E-state index in [0.717, 1.165) is 24.0 Å². The highest BCUT2D eigenvalue weighted by Gasteiger charge is 2.35. The molecule has 2 amide bonds. The Morgan fingerprint density at radius 1 is 0.969 bits per heavy atom. The molecule has 0 aromatic heterocycles. The fraction of sp³-hybridized carbons (Fsp3) is 0.400. The van der Waals surface area contributed by atoms with E-state index in [0.29, 0.717) is 0 Å². The second-order valence-corrected chi connectivity index (χ2v) is 8.68. The van der Waals surface area contributed by atoms with Crippen LogP contribution in [-0.2, 0) is 14.3 Å². The summed E-state index contributed by atoms with van der Waals surface area (Å²) in [6.07, 6.45) is 1.34. The van der Waals surface area contributed by atoms with Crippen molar-refractivity contribution >= 4 is 18.0 Å². The number of ether oxygens (including phenoxy) is 1. The third kappa shape index (κ3) is 5.10. The fourth-order valence-corrected chi connectivity index (χ4v) is 4.47. The number of rotatable bonds is 9. The van der Waals surface area contributed by atoms with Crippen LogP contribution in [0.15, 0.2) is 48.5 Å². The lowest BCUT2D eigenvalue weighted by atomic mass is 9.98. The molecule has 2 aliphatic rings. The van der Waals surface area contributed by atoms with Gasteiger partial charge in [0.2, 0.25) is 5.91 Å².